The molecule has 2 aromatic carbocycles. The van der Waals surface area contributed by atoms with E-state index in [0.29, 0.717) is 13.1 Å². The van der Waals surface area contributed by atoms with Gasteiger partial charge in [-0.3, -0.25) is 0 Å². The van der Waals surface area contributed by atoms with Gasteiger partial charge in [-0.1, -0.05) is 18.2 Å². The molecule has 0 bridgehead atoms. The van der Waals surface area contributed by atoms with Gasteiger partial charge in [-0.25, -0.2) is 9.98 Å². The van der Waals surface area contributed by atoms with Gasteiger partial charge in [-0.2, -0.15) is 0 Å². The van der Waals surface area contributed by atoms with Gasteiger partial charge in [0.15, 0.2) is 5.96 Å². The maximum Gasteiger partial charge on any atom is 0.191 e. The maximum absolute atomic E-state index is 5.50. The van der Waals surface area contributed by atoms with Crippen molar-refractivity contribution >= 4 is 46.7 Å². The normalized spacial score (nSPS) is 11.0. The van der Waals surface area contributed by atoms with Crippen LogP contribution in [0.15, 0.2) is 53.5 Å². The molecule has 2 N–H and O–H groups in total. The smallest absolute Gasteiger partial charge is 0.191 e. The van der Waals surface area contributed by atoms with Crippen LogP contribution < -0.4 is 25.0 Å². The summed E-state index contributed by atoms with van der Waals surface area (Å²) in [5.41, 5.74) is 3.13. The van der Waals surface area contributed by atoms with Gasteiger partial charge in [0.2, 0.25) is 0 Å². The van der Waals surface area contributed by atoms with Crippen molar-refractivity contribution in [2.45, 2.75) is 20.0 Å². The van der Waals surface area contributed by atoms with E-state index in [1.54, 1.807) is 14.2 Å². The Morgan fingerprint density at radius 1 is 1.00 bits per heavy atom. The Hall–Kier alpha value is -2.75. The van der Waals surface area contributed by atoms with Crippen LogP contribution in [0.2, 0.25) is 0 Å². The molecule has 1 aromatic heterocycles. The van der Waals surface area contributed by atoms with Crippen LogP contribution in [0.1, 0.15) is 18.1 Å². The van der Waals surface area contributed by atoms with Crippen molar-refractivity contribution in [1.82, 2.24) is 15.6 Å². The zero-order valence-corrected chi connectivity index (χ0v) is 21.6. The van der Waals surface area contributed by atoms with Gasteiger partial charge in [0.25, 0.3) is 0 Å². The lowest BCUT2D eigenvalue weighted by Crippen LogP contribution is -2.36. The SMILES string of the molecule is CCNC(=NCc1cc(N(C)C)nc2ccccc12)NCc1ccc(OC)cc1OC.I. The summed E-state index contributed by atoms with van der Waals surface area (Å²) in [6, 6.07) is 16.1. The minimum Gasteiger partial charge on any atom is -0.497 e. The number of pyridine rings is 1. The molecule has 0 fully saturated rings. The molecule has 7 nitrogen and oxygen atoms in total. The molecular formula is C24H32IN5O2. The average Bonchev–Trinajstić information content (AvgIpc) is 2.80. The highest BCUT2D eigenvalue weighted by Crippen LogP contribution is 2.25. The molecule has 0 amide bonds. The average molecular weight is 549 g/mol. The van der Waals surface area contributed by atoms with Crippen molar-refractivity contribution in [1.29, 1.82) is 0 Å². The number of guanidine groups is 1. The van der Waals surface area contributed by atoms with E-state index in [-0.39, 0.29) is 24.0 Å². The highest BCUT2D eigenvalue weighted by atomic mass is 127. The number of aliphatic imine (C=N–C) groups is 1. The lowest BCUT2D eigenvalue weighted by molar-refractivity contribution is 0.390. The fourth-order valence-electron chi connectivity index (χ4n) is 3.27. The number of aromatic nitrogens is 1. The number of anilines is 1. The first-order valence-electron chi connectivity index (χ1n) is 10.3. The second kappa shape index (κ2) is 12.3. The number of nitrogens with one attached hydrogen (secondary N) is 2. The molecule has 0 aliphatic heterocycles. The topological polar surface area (TPSA) is 71.0 Å². The van der Waals surface area contributed by atoms with E-state index >= 15 is 0 Å². The predicted molar refractivity (Wildman–Crippen MR) is 143 cm³/mol. The predicted octanol–water partition coefficient (Wildman–Crippen LogP) is 4.19. The standard InChI is InChI=1S/C24H31N5O2.HI/c1-6-25-24(26-15-17-11-12-19(30-4)14-22(17)31-5)27-16-18-13-23(29(2)3)28-21-10-8-7-9-20(18)21;/h7-14H,6,15-16H2,1-5H3,(H2,25,26,27);1H. The minimum atomic E-state index is 0. The van der Waals surface area contributed by atoms with Crippen molar-refractivity contribution in [2.24, 2.45) is 4.99 Å². The first-order chi connectivity index (χ1) is 15.0. The monoisotopic (exact) mass is 549 g/mol. The molecule has 0 atom stereocenters. The van der Waals surface area contributed by atoms with E-state index in [1.807, 2.05) is 55.4 Å². The first-order valence-corrected chi connectivity index (χ1v) is 10.3. The molecule has 0 saturated carbocycles. The Morgan fingerprint density at radius 2 is 1.78 bits per heavy atom. The fourth-order valence-corrected chi connectivity index (χ4v) is 3.27. The zero-order valence-electron chi connectivity index (χ0n) is 19.3. The van der Waals surface area contributed by atoms with Crippen molar-refractivity contribution < 1.29 is 9.47 Å². The molecule has 172 valence electrons. The van der Waals surface area contributed by atoms with Crippen LogP contribution in [0.3, 0.4) is 0 Å². The number of methoxy groups -OCH3 is 2. The summed E-state index contributed by atoms with van der Waals surface area (Å²) in [5.74, 6) is 3.21. The molecule has 1 heterocycles. The number of fused-ring (bicyclic) bond motifs is 1. The molecule has 32 heavy (non-hydrogen) atoms. The van der Waals surface area contributed by atoms with Gasteiger partial charge >= 0.3 is 0 Å². The molecule has 0 radical (unpaired) electrons. The molecule has 3 aromatic rings. The van der Waals surface area contributed by atoms with Crippen molar-refractivity contribution in [2.75, 3.05) is 39.8 Å². The molecule has 0 spiro atoms. The zero-order chi connectivity index (χ0) is 22.2. The van der Waals surface area contributed by atoms with Gasteiger partial charge in [-0.15, -0.1) is 24.0 Å². The Labute approximate surface area is 207 Å². The van der Waals surface area contributed by atoms with Crippen LogP contribution in [0.5, 0.6) is 11.5 Å². The largest absolute Gasteiger partial charge is 0.497 e. The molecule has 0 aliphatic carbocycles. The maximum atomic E-state index is 5.50. The van der Waals surface area contributed by atoms with Crippen LogP contribution >= 0.6 is 24.0 Å². The van der Waals surface area contributed by atoms with Gasteiger partial charge in [0.05, 0.1) is 26.3 Å². The number of rotatable bonds is 8. The van der Waals surface area contributed by atoms with E-state index in [4.69, 9.17) is 19.5 Å². The molecule has 8 heteroatoms. The number of ether oxygens (including phenoxy) is 2. The third-order valence-electron chi connectivity index (χ3n) is 4.94. The van der Waals surface area contributed by atoms with Crippen LogP contribution in [-0.4, -0.2) is 45.8 Å². The van der Waals surface area contributed by atoms with Crippen molar-refractivity contribution in [3.05, 3.63) is 59.7 Å². The van der Waals surface area contributed by atoms with Crippen LogP contribution in [0.4, 0.5) is 5.82 Å². The van der Waals surface area contributed by atoms with Crippen molar-refractivity contribution in [3.63, 3.8) is 0 Å². The van der Waals surface area contributed by atoms with E-state index in [2.05, 4.69) is 29.7 Å². The number of nitrogens with zero attached hydrogens (tertiary/aromatic N) is 3. The summed E-state index contributed by atoms with van der Waals surface area (Å²) in [4.78, 5) is 11.6. The molecule has 0 aliphatic rings. The summed E-state index contributed by atoms with van der Waals surface area (Å²) < 4.78 is 10.8. The number of para-hydroxylation sites is 1. The van der Waals surface area contributed by atoms with Crippen LogP contribution in [0, 0.1) is 0 Å². The second-order valence-corrected chi connectivity index (χ2v) is 7.28. The van der Waals surface area contributed by atoms with Crippen molar-refractivity contribution in [3.8, 4) is 11.5 Å². The van der Waals surface area contributed by atoms with E-state index in [1.165, 1.54) is 0 Å². The Balaban J connectivity index is 0.00000363. The first kappa shape index (κ1) is 25.5. The van der Waals surface area contributed by atoms with Gasteiger partial charge in [-0.05, 0) is 36.8 Å². The second-order valence-electron chi connectivity index (χ2n) is 7.28. The third-order valence-corrected chi connectivity index (χ3v) is 4.94. The highest BCUT2D eigenvalue weighted by Gasteiger charge is 2.09. The van der Waals surface area contributed by atoms with E-state index in [0.717, 1.165) is 51.9 Å². The lowest BCUT2D eigenvalue weighted by Gasteiger charge is -2.16. The molecule has 0 unspecified atom stereocenters. The third kappa shape index (κ3) is 6.38. The Bertz CT molecular complexity index is 1060. The lowest BCUT2D eigenvalue weighted by atomic mass is 10.1. The van der Waals surface area contributed by atoms with Crippen LogP contribution in [0.25, 0.3) is 10.9 Å². The molecule has 0 saturated heterocycles. The number of halogens is 1. The van der Waals surface area contributed by atoms with E-state index in [9.17, 15) is 0 Å². The van der Waals surface area contributed by atoms with Gasteiger partial charge in [0, 0.05) is 44.2 Å². The summed E-state index contributed by atoms with van der Waals surface area (Å²) >= 11 is 0. The summed E-state index contributed by atoms with van der Waals surface area (Å²) in [7, 11) is 7.30. The number of benzene rings is 2. The van der Waals surface area contributed by atoms with Gasteiger partial charge in [0.1, 0.15) is 17.3 Å². The quantitative estimate of drug-likeness (QED) is 0.250. The fraction of sp³-hybridized carbons (Fsp3) is 0.333. The Morgan fingerprint density at radius 3 is 2.47 bits per heavy atom. The number of hydrogen-bond donors (Lipinski definition) is 2. The number of hydrogen-bond acceptors (Lipinski definition) is 5. The van der Waals surface area contributed by atoms with Crippen LogP contribution in [-0.2, 0) is 13.1 Å². The summed E-state index contributed by atoms with van der Waals surface area (Å²) in [6.45, 7) is 3.95. The van der Waals surface area contributed by atoms with Gasteiger partial charge < -0.3 is 25.0 Å². The molecule has 3 rings (SSSR count). The Kier molecular flexibility index (Phi) is 9.83. The summed E-state index contributed by atoms with van der Waals surface area (Å²) in [5, 5.41) is 7.83. The minimum absolute atomic E-state index is 0. The highest BCUT2D eigenvalue weighted by molar-refractivity contribution is 14.0. The summed E-state index contributed by atoms with van der Waals surface area (Å²) in [6.07, 6.45) is 0. The van der Waals surface area contributed by atoms with E-state index < -0.39 is 0 Å². The molecular weight excluding hydrogens is 517 g/mol.